The fraction of sp³-hybridized carbons (Fsp3) is 0.143. The average Bonchev–Trinajstić information content (AvgIpc) is 2.30. The Bertz CT molecular complexity index is 260. The topological polar surface area (TPSA) is 41.0 Å². The molecule has 0 spiro atoms. The van der Waals surface area contributed by atoms with Crippen molar-refractivity contribution in [1.29, 1.82) is 0 Å². The summed E-state index contributed by atoms with van der Waals surface area (Å²) in [6, 6.07) is 0. The van der Waals surface area contributed by atoms with Crippen LogP contribution >= 0.6 is 0 Å². The first-order chi connectivity index (χ1) is 4.79. The summed E-state index contributed by atoms with van der Waals surface area (Å²) in [6.07, 6.45) is 1.65. The van der Waals surface area contributed by atoms with Crippen molar-refractivity contribution >= 4 is 18.5 Å². The quantitative estimate of drug-likeness (QED) is 0.616. The molecule has 3 heteroatoms. The molecule has 1 rings (SSSR count). The van der Waals surface area contributed by atoms with Crippen LogP contribution in [-0.2, 0) is 0 Å². The smallest absolute Gasteiger partial charge is 0.110 e. The molecule has 0 unspecified atom stereocenters. The molecule has 0 fully saturated rings. The van der Waals surface area contributed by atoms with Gasteiger partial charge >= 0.3 is 0 Å². The lowest BCUT2D eigenvalue weighted by Crippen LogP contribution is -1.68. The summed E-state index contributed by atoms with van der Waals surface area (Å²) in [5.74, 6) is 0. The van der Waals surface area contributed by atoms with Gasteiger partial charge in [0.25, 0.3) is 0 Å². The van der Waals surface area contributed by atoms with E-state index in [-0.39, 0.29) is 0 Å². The fourth-order valence-corrected chi connectivity index (χ4v) is 0.784. The predicted octanol–water partition coefficient (Wildman–Crippen LogP) is 1.69. The van der Waals surface area contributed by atoms with E-state index in [1.165, 1.54) is 0 Å². The lowest BCUT2D eigenvalue weighted by molar-refractivity contribution is 1.04. The van der Waals surface area contributed by atoms with Gasteiger partial charge in [-0.1, -0.05) is 6.58 Å². The molecule has 0 saturated carbocycles. The highest BCUT2D eigenvalue weighted by molar-refractivity contribution is 5.63. The lowest BCUT2D eigenvalue weighted by Gasteiger charge is -1.87. The summed E-state index contributed by atoms with van der Waals surface area (Å²) in [5, 5.41) is 6.71. The van der Waals surface area contributed by atoms with Crippen molar-refractivity contribution in [3.8, 4) is 0 Å². The molecule has 10 heavy (non-hydrogen) atoms. The van der Waals surface area contributed by atoms with Crippen LogP contribution in [0.25, 0.3) is 6.08 Å². The van der Waals surface area contributed by atoms with E-state index in [4.69, 9.17) is 0 Å². The second-order valence-corrected chi connectivity index (χ2v) is 1.94. The zero-order valence-corrected chi connectivity index (χ0v) is 5.89. The normalized spacial score (nSPS) is 9.30. The Morgan fingerprint density at radius 1 is 1.70 bits per heavy atom. The molecule has 0 aliphatic heterocycles. The Hall–Kier alpha value is -1.38. The molecule has 0 aromatic carbocycles. The Kier molecular flexibility index (Phi) is 1.67. The molecular formula is C7H9N3. The zero-order valence-electron chi connectivity index (χ0n) is 5.89. The van der Waals surface area contributed by atoms with Crippen molar-refractivity contribution in [2.45, 2.75) is 6.92 Å². The molecule has 1 N–H and O–H groups in total. The number of aromatic nitrogens is 2. The third kappa shape index (κ3) is 0.857. The van der Waals surface area contributed by atoms with E-state index >= 15 is 0 Å². The number of aliphatic imine (C=N–C) groups is 1. The van der Waals surface area contributed by atoms with E-state index in [1.807, 2.05) is 6.92 Å². The van der Waals surface area contributed by atoms with Gasteiger partial charge in [-0.25, -0.2) is 0 Å². The van der Waals surface area contributed by atoms with Gasteiger partial charge in [-0.2, -0.15) is 5.10 Å². The summed E-state index contributed by atoms with van der Waals surface area (Å²) in [6.45, 7) is 8.89. The molecule has 0 bridgehead atoms. The van der Waals surface area contributed by atoms with Crippen molar-refractivity contribution in [2.75, 3.05) is 0 Å². The Labute approximate surface area is 59.5 Å². The van der Waals surface area contributed by atoms with Crippen molar-refractivity contribution in [3.05, 3.63) is 18.0 Å². The Balaban J connectivity index is 3.25. The van der Waals surface area contributed by atoms with Crippen molar-refractivity contribution in [3.63, 3.8) is 0 Å². The molecular weight excluding hydrogens is 126 g/mol. The largest absolute Gasteiger partial charge is 0.280 e. The molecule has 1 aromatic heterocycles. The monoisotopic (exact) mass is 135 g/mol. The third-order valence-corrected chi connectivity index (χ3v) is 1.29. The number of aryl methyl sites for hydroxylation is 1. The van der Waals surface area contributed by atoms with Crippen LogP contribution in [-0.4, -0.2) is 16.9 Å². The Morgan fingerprint density at radius 2 is 2.40 bits per heavy atom. The van der Waals surface area contributed by atoms with E-state index < -0.39 is 0 Å². The van der Waals surface area contributed by atoms with Gasteiger partial charge in [0.2, 0.25) is 0 Å². The minimum atomic E-state index is 0.757. The highest BCUT2D eigenvalue weighted by Crippen LogP contribution is 2.20. The standard InChI is InChI=1S/C7H9N3/c1-4-6-7(8-3)5(2)9-10-6/h4H,1,3H2,2H3,(H,9,10). The summed E-state index contributed by atoms with van der Waals surface area (Å²) >= 11 is 0. The number of nitrogens with one attached hydrogen (secondary N) is 1. The number of nitrogens with zero attached hydrogens (tertiary/aromatic N) is 2. The van der Waals surface area contributed by atoms with Crippen LogP contribution in [0.4, 0.5) is 5.69 Å². The lowest BCUT2D eigenvalue weighted by atomic mass is 10.3. The molecule has 0 aliphatic rings. The maximum absolute atomic E-state index is 3.93. The summed E-state index contributed by atoms with van der Waals surface area (Å²) in [4.78, 5) is 3.79. The fourth-order valence-electron chi connectivity index (χ4n) is 0.784. The van der Waals surface area contributed by atoms with E-state index in [1.54, 1.807) is 6.08 Å². The molecule has 3 nitrogen and oxygen atoms in total. The summed E-state index contributed by atoms with van der Waals surface area (Å²) in [7, 11) is 0. The van der Waals surface area contributed by atoms with Gasteiger partial charge in [-0.05, 0) is 19.7 Å². The minimum absolute atomic E-state index is 0.757. The molecule has 52 valence electrons. The molecule has 0 radical (unpaired) electrons. The van der Waals surface area contributed by atoms with Crippen molar-refractivity contribution < 1.29 is 0 Å². The van der Waals surface area contributed by atoms with E-state index in [9.17, 15) is 0 Å². The van der Waals surface area contributed by atoms with Gasteiger partial charge in [-0.3, -0.25) is 10.1 Å². The second kappa shape index (κ2) is 2.47. The Morgan fingerprint density at radius 3 is 2.80 bits per heavy atom. The molecule has 0 amide bonds. The van der Waals surface area contributed by atoms with Crippen LogP contribution in [0.1, 0.15) is 11.4 Å². The number of rotatable bonds is 2. The minimum Gasteiger partial charge on any atom is -0.280 e. The van der Waals surface area contributed by atoms with Crippen LogP contribution in [0.5, 0.6) is 0 Å². The average molecular weight is 135 g/mol. The molecule has 0 aliphatic carbocycles. The van der Waals surface area contributed by atoms with E-state index in [0.717, 1.165) is 17.1 Å². The number of aromatic amines is 1. The number of hydrogen-bond donors (Lipinski definition) is 1. The number of hydrogen-bond acceptors (Lipinski definition) is 2. The number of H-pyrrole nitrogens is 1. The van der Waals surface area contributed by atoms with Gasteiger partial charge in [0.15, 0.2) is 0 Å². The first kappa shape index (κ1) is 6.74. The molecule has 0 saturated heterocycles. The van der Waals surface area contributed by atoms with Gasteiger partial charge in [0.1, 0.15) is 11.4 Å². The molecule has 1 aromatic rings. The van der Waals surface area contributed by atoms with Gasteiger partial charge < -0.3 is 0 Å². The van der Waals surface area contributed by atoms with Crippen molar-refractivity contribution in [2.24, 2.45) is 4.99 Å². The highest BCUT2D eigenvalue weighted by atomic mass is 15.1. The first-order valence-corrected chi connectivity index (χ1v) is 2.93. The summed E-state index contributed by atoms with van der Waals surface area (Å²) in [5.41, 5.74) is 2.47. The van der Waals surface area contributed by atoms with Crippen LogP contribution in [0.3, 0.4) is 0 Å². The van der Waals surface area contributed by atoms with Crippen LogP contribution < -0.4 is 0 Å². The van der Waals surface area contributed by atoms with Crippen molar-refractivity contribution in [1.82, 2.24) is 10.2 Å². The summed E-state index contributed by atoms with van der Waals surface area (Å²) < 4.78 is 0. The van der Waals surface area contributed by atoms with Crippen LogP contribution in [0.15, 0.2) is 11.6 Å². The molecule has 1 heterocycles. The highest BCUT2D eigenvalue weighted by Gasteiger charge is 2.02. The van der Waals surface area contributed by atoms with Crippen LogP contribution in [0.2, 0.25) is 0 Å². The predicted molar refractivity (Wildman–Crippen MR) is 42.6 cm³/mol. The van der Waals surface area contributed by atoms with Gasteiger partial charge in [-0.15, -0.1) is 0 Å². The third-order valence-electron chi connectivity index (χ3n) is 1.29. The zero-order chi connectivity index (χ0) is 7.56. The first-order valence-electron chi connectivity index (χ1n) is 2.93. The second-order valence-electron chi connectivity index (χ2n) is 1.94. The van der Waals surface area contributed by atoms with Gasteiger partial charge in [0, 0.05) is 0 Å². The van der Waals surface area contributed by atoms with E-state index in [0.29, 0.717) is 0 Å². The maximum atomic E-state index is 3.93. The molecule has 0 atom stereocenters. The van der Waals surface area contributed by atoms with Crippen LogP contribution in [0, 0.1) is 6.92 Å². The maximum Gasteiger partial charge on any atom is 0.110 e. The SMILES string of the molecule is C=Cc1n[nH]c(C)c1N=C. The van der Waals surface area contributed by atoms with E-state index in [2.05, 4.69) is 28.5 Å². The van der Waals surface area contributed by atoms with Gasteiger partial charge in [0.05, 0.1) is 5.69 Å².